The topological polar surface area (TPSA) is 69.4 Å². The van der Waals surface area contributed by atoms with Crippen LogP contribution in [0.1, 0.15) is 39.0 Å². The Morgan fingerprint density at radius 2 is 1.71 bits per heavy atom. The minimum atomic E-state index is -3.72. The summed E-state index contributed by atoms with van der Waals surface area (Å²) in [6.07, 6.45) is 5.85. The number of primary sulfonamides is 1. The summed E-state index contributed by atoms with van der Waals surface area (Å²) in [5, 5.41) is 5.15. The van der Waals surface area contributed by atoms with Crippen LogP contribution in [-0.4, -0.2) is 14.5 Å². The molecule has 1 aliphatic rings. The Bertz CT molecular complexity index is 588. The van der Waals surface area contributed by atoms with Crippen LogP contribution in [0.3, 0.4) is 0 Å². The van der Waals surface area contributed by atoms with Gasteiger partial charge in [-0.1, -0.05) is 13.3 Å². The maximum absolute atomic E-state index is 11.4. The van der Waals surface area contributed by atoms with E-state index in [9.17, 15) is 8.42 Å². The van der Waals surface area contributed by atoms with E-state index in [1.165, 1.54) is 31.4 Å². The van der Waals surface area contributed by atoms with Crippen LogP contribution in [0.5, 0.6) is 5.75 Å². The van der Waals surface area contributed by atoms with E-state index in [0.717, 1.165) is 18.8 Å². The fourth-order valence-electron chi connectivity index (χ4n) is 2.64. The first-order valence-electron chi connectivity index (χ1n) is 6.99. The third kappa shape index (κ3) is 4.43. The Kier molecular flexibility index (Phi) is 5.73. The maximum Gasteiger partial charge on any atom is 0.238 e. The molecule has 0 radical (unpaired) electrons. The molecule has 21 heavy (non-hydrogen) atoms. The third-order valence-electron chi connectivity index (χ3n) is 3.96. The van der Waals surface area contributed by atoms with Crippen LogP contribution in [0, 0.1) is 5.92 Å². The Balaban J connectivity index is 2.15. The second-order valence-electron chi connectivity index (χ2n) is 5.43. The molecule has 0 heterocycles. The summed E-state index contributed by atoms with van der Waals surface area (Å²) >= 11 is 6.74. The van der Waals surface area contributed by atoms with Gasteiger partial charge in [-0.3, -0.25) is 0 Å². The van der Waals surface area contributed by atoms with Crippen LogP contribution in [0.15, 0.2) is 26.0 Å². The number of hydrogen-bond donors (Lipinski definition) is 1. The van der Waals surface area contributed by atoms with E-state index in [0.29, 0.717) is 14.7 Å². The van der Waals surface area contributed by atoms with Gasteiger partial charge < -0.3 is 4.74 Å². The highest BCUT2D eigenvalue weighted by Crippen LogP contribution is 2.38. The fourth-order valence-corrected chi connectivity index (χ4v) is 4.88. The van der Waals surface area contributed by atoms with E-state index in [-0.39, 0.29) is 11.0 Å². The Morgan fingerprint density at radius 3 is 2.14 bits per heavy atom. The van der Waals surface area contributed by atoms with Crippen LogP contribution >= 0.6 is 31.9 Å². The monoisotopic (exact) mass is 439 g/mol. The molecular formula is C14H19Br2NO3S. The van der Waals surface area contributed by atoms with Crippen molar-refractivity contribution in [1.82, 2.24) is 0 Å². The van der Waals surface area contributed by atoms with Gasteiger partial charge in [-0.05, 0) is 75.6 Å². The lowest BCUT2D eigenvalue weighted by Crippen LogP contribution is -2.24. The van der Waals surface area contributed by atoms with Crippen LogP contribution in [-0.2, 0) is 10.0 Å². The smallest absolute Gasteiger partial charge is 0.238 e. The van der Waals surface area contributed by atoms with Gasteiger partial charge in [-0.15, -0.1) is 0 Å². The number of rotatable bonds is 4. The van der Waals surface area contributed by atoms with E-state index in [4.69, 9.17) is 9.88 Å². The number of benzene rings is 1. The average molecular weight is 441 g/mol. The zero-order valence-corrected chi connectivity index (χ0v) is 15.8. The van der Waals surface area contributed by atoms with Gasteiger partial charge in [-0.2, -0.15) is 0 Å². The Hall–Kier alpha value is -0.110. The van der Waals surface area contributed by atoms with Gasteiger partial charge in [-0.25, -0.2) is 13.6 Å². The minimum Gasteiger partial charge on any atom is -0.488 e. The molecule has 1 aliphatic carbocycles. The molecule has 0 unspecified atom stereocenters. The molecule has 0 saturated heterocycles. The predicted octanol–water partition coefficient (Wildman–Crippen LogP) is 4.21. The molecule has 1 fully saturated rings. The van der Waals surface area contributed by atoms with E-state index < -0.39 is 10.0 Å². The van der Waals surface area contributed by atoms with Crippen molar-refractivity contribution in [2.75, 3.05) is 0 Å². The molecule has 0 spiro atoms. The summed E-state index contributed by atoms with van der Waals surface area (Å²) in [6, 6.07) is 2.96. The number of halogens is 2. The molecule has 1 saturated carbocycles. The van der Waals surface area contributed by atoms with Crippen LogP contribution in [0.25, 0.3) is 0 Å². The predicted molar refractivity (Wildman–Crippen MR) is 89.9 cm³/mol. The van der Waals surface area contributed by atoms with E-state index in [2.05, 4.69) is 38.8 Å². The fraction of sp³-hybridized carbons (Fsp3) is 0.571. The van der Waals surface area contributed by atoms with Gasteiger partial charge in [0.2, 0.25) is 10.0 Å². The van der Waals surface area contributed by atoms with Crippen molar-refractivity contribution >= 4 is 41.9 Å². The lowest BCUT2D eigenvalue weighted by atomic mass is 9.86. The van der Waals surface area contributed by atoms with Crippen molar-refractivity contribution < 1.29 is 13.2 Å². The molecule has 118 valence electrons. The van der Waals surface area contributed by atoms with E-state index >= 15 is 0 Å². The molecule has 0 atom stereocenters. The molecule has 0 aromatic heterocycles. The summed E-state index contributed by atoms with van der Waals surface area (Å²) < 4.78 is 30.0. The minimum absolute atomic E-state index is 0.0586. The first-order chi connectivity index (χ1) is 9.81. The number of ether oxygens (including phenoxy) is 1. The van der Waals surface area contributed by atoms with Crippen molar-refractivity contribution in [3.8, 4) is 5.75 Å². The molecular weight excluding hydrogens is 422 g/mol. The Labute approximate surface area is 142 Å². The van der Waals surface area contributed by atoms with Gasteiger partial charge in [0, 0.05) is 0 Å². The molecule has 2 rings (SSSR count). The SMILES string of the molecule is CCC1CCC(Oc2c(Br)cc(S(N)(=O)=O)cc2Br)CC1. The van der Waals surface area contributed by atoms with Crippen LogP contribution in [0.2, 0.25) is 0 Å². The molecule has 1 aromatic carbocycles. The number of hydrogen-bond acceptors (Lipinski definition) is 3. The Morgan fingerprint density at radius 1 is 1.19 bits per heavy atom. The van der Waals surface area contributed by atoms with Crippen molar-refractivity contribution in [3.63, 3.8) is 0 Å². The van der Waals surface area contributed by atoms with Crippen molar-refractivity contribution in [1.29, 1.82) is 0 Å². The summed E-state index contributed by atoms with van der Waals surface area (Å²) in [4.78, 5) is 0.0586. The van der Waals surface area contributed by atoms with Crippen LogP contribution in [0.4, 0.5) is 0 Å². The van der Waals surface area contributed by atoms with E-state index in [1.807, 2.05) is 0 Å². The quantitative estimate of drug-likeness (QED) is 0.762. The highest BCUT2D eigenvalue weighted by Gasteiger charge is 2.23. The highest BCUT2D eigenvalue weighted by molar-refractivity contribution is 9.11. The maximum atomic E-state index is 11.4. The lowest BCUT2D eigenvalue weighted by Gasteiger charge is -2.29. The average Bonchev–Trinajstić information content (AvgIpc) is 2.42. The second kappa shape index (κ2) is 6.98. The molecule has 7 heteroatoms. The summed E-state index contributed by atoms with van der Waals surface area (Å²) in [5.41, 5.74) is 0. The second-order valence-corrected chi connectivity index (χ2v) is 8.70. The number of nitrogens with two attached hydrogens (primary N) is 1. The standard InChI is InChI=1S/C14H19Br2NO3S/c1-2-9-3-5-10(6-4-9)20-14-12(15)7-11(8-13(14)16)21(17,18)19/h7-10H,2-6H2,1H3,(H2,17,18,19). The molecule has 2 N–H and O–H groups in total. The first kappa shape index (κ1) is 17.2. The number of sulfonamides is 1. The molecule has 1 aromatic rings. The van der Waals surface area contributed by atoms with Crippen molar-refractivity contribution in [3.05, 3.63) is 21.1 Å². The van der Waals surface area contributed by atoms with Gasteiger partial charge in [0.25, 0.3) is 0 Å². The zero-order valence-electron chi connectivity index (χ0n) is 11.8. The van der Waals surface area contributed by atoms with Gasteiger partial charge in [0.15, 0.2) is 0 Å². The third-order valence-corrected chi connectivity index (χ3v) is 6.03. The van der Waals surface area contributed by atoms with Crippen LogP contribution < -0.4 is 9.88 Å². The summed E-state index contributed by atoms with van der Waals surface area (Å²) in [5.74, 6) is 1.45. The van der Waals surface area contributed by atoms with Crippen molar-refractivity contribution in [2.45, 2.75) is 50.0 Å². The first-order valence-corrected chi connectivity index (χ1v) is 10.1. The molecule has 0 amide bonds. The van der Waals surface area contributed by atoms with Crippen molar-refractivity contribution in [2.24, 2.45) is 11.1 Å². The zero-order chi connectivity index (χ0) is 15.6. The molecule has 0 bridgehead atoms. The van der Waals surface area contributed by atoms with Gasteiger partial charge in [0.05, 0.1) is 19.9 Å². The lowest BCUT2D eigenvalue weighted by molar-refractivity contribution is 0.128. The highest BCUT2D eigenvalue weighted by atomic mass is 79.9. The molecule has 4 nitrogen and oxygen atoms in total. The summed E-state index contributed by atoms with van der Waals surface area (Å²) in [7, 11) is -3.72. The van der Waals surface area contributed by atoms with E-state index in [1.54, 1.807) is 0 Å². The summed E-state index contributed by atoms with van der Waals surface area (Å²) in [6.45, 7) is 2.23. The van der Waals surface area contributed by atoms with Gasteiger partial charge >= 0.3 is 0 Å². The molecule has 0 aliphatic heterocycles. The largest absolute Gasteiger partial charge is 0.488 e. The normalized spacial score (nSPS) is 23.0. The van der Waals surface area contributed by atoms with Gasteiger partial charge in [0.1, 0.15) is 5.75 Å².